The van der Waals surface area contributed by atoms with Crippen LogP contribution in [0.2, 0.25) is 0 Å². The fourth-order valence-electron chi connectivity index (χ4n) is 2.85. The van der Waals surface area contributed by atoms with Crippen LogP contribution < -0.4 is 14.8 Å². The topological polar surface area (TPSA) is 100 Å². The third-order valence-corrected chi connectivity index (χ3v) is 5.74. The molecule has 1 saturated heterocycles. The van der Waals surface area contributed by atoms with Crippen LogP contribution >= 0.6 is 11.8 Å². The lowest BCUT2D eigenvalue weighted by Gasteiger charge is -2.28. The van der Waals surface area contributed by atoms with Crippen LogP contribution in [0.3, 0.4) is 0 Å². The van der Waals surface area contributed by atoms with Crippen LogP contribution in [0.15, 0.2) is 24.3 Å². The lowest BCUT2D eigenvalue weighted by molar-refractivity contribution is -0.146. The molecule has 0 bridgehead atoms. The van der Waals surface area contributed by atoms with Gasteiger partial charge in [-0.25, -0.2) is 0 Å². The Kier molecular flexibility index (Phi) is 8.78. The minimum absolute atomic E-state index is 0.0241. The molecule has 2 rings (SSSR count). The van der Waals surface area contributed by atoms with Gasteiger partial charge in [-0.15, -0.1) is 11.8 Å². The Bertz CT molecular complexity index is 727. The molecule has 0 aromatic heterocycles. The van der Waals surface area contributed by atoms with E-state index in [1.807, 2.05) is 6.07 Å². The van der Waals surface area contributed by atoms with Crippen molar-refractivity contribution in [1.29, 1.82) is 0 Å². The number of nitrogens with one attached hydrogen (secondary N) is 1. The van der Waals surface area contributed by atoms with Gasteiger partial charge in [0.2, 0.25) is 0 Å². The van der Waals surface area contributed by atoms with E-state index in [2.05, 4.69) is 5.32 Å². The van der Waals surface area contributed by atoms with Gasteiger partial charge < -0.3 is 18.9 Å². The highest BCUT2D eigenvalue weighted by Crippen LogP contribution is 2.35. The van der Waals surface area contributed by atoms with E-state index in [0.717, 1.165) is 0 Å². The Hall–Kier alpha value is -2.26. The molecule has 160 valence electrons. The smallest absolute Gasteiger partial charge is 0.324 e. The molecule has 1 N–H and O–H groups in total. The molecule has 0 aliphatic carbocycles. The van der Waals surface area contributed by atoms with Crippen molar-refractivity contribution in [1.82, 2.24) is 5.32 Å². The number of hydrogen-bond donors (Lipinski definition) is 1. The molecule has 1 aromatic carbocycles. The molecule has 9 heteroatoms. The summed E-state index contributed by atoms with van der Waals surface area (Å²) in [7, 11) is 1.53. The van der Waals surface area contributed by atoms with Crippen LogP contribution in [0.5, 0.6) is 11.5 Å². The van der Waals surface area contributed by atoms with Crippen molar-refractivity contribution in [2.45, 2.75) is 37.6 Å². The minimum atomic E-state index is -1.18. The molecule has 2 atom stereocenters. The van der Waals surface area contributed by atoms with Crippen molar-refractivity contribution in [2.24, 2.45) is 0 Å². The van der Waals surface area contributed by atoms with Gasteiger partial charge in [-0.3, -0.25) is 19.7 Å². The zero-order valence-corrected chi connectivity index (χ0v) is 17.7. The molecule has 1 aromatic rings. The van der Waals surface area contributed by atoms with Crippen molar-refractivity contribution in [3.63, 3.8) is 0 Å². The van der Waals surface area contributed by atoms with Gasteiger partial charge >= 0.3 is 11.9 Å². The summed E-state index contributed by atoms with van der Waals surface area (Å²) >= 11 is 1.28. The number of rotatable bonds is 11. The second-order valence-electron chi connectivity index (χ2n) is 6.25. The molecule has 29 heavy (non-hydrogen) atoms. The summed E-state index contributed by atoms with van der Waals surface area (Å²) in [6.45, 7) is 3.91. The molecular weight excluding hydrogens is 398 g/mol. The van der Waals surface area contributed by atoms with Crippen LogP contribution in [-0.4, -0.2) is 61.3 Å². The van der Waals surface area contributed by atoms with Gasteiger partial charge in [0.1, 0.15) is 12.6 Å². The molecule has 2 unspecified atom stereocenters. The molecule has 1 aliphatic heterocycles. The molecule has 1 fully saturated rings. The first-order valence-corrected chi connectivity index (χ1v) is 10.5. The van der Waals surface area contributed by atoms with Crippen molar-refractivity contribution in [3.05, 3.63) is 24.3 Å². The average Bonchev–Trinajstić information content (AvgIpc) is 3.17. The van der Waals surface area contributed by atoms with Crippen molar-refractivity contribution >= 4 is 29.5 Å². The number of para-hydroxylation sites is 2. The zero-order valence-electron chi connectivity index (χ0n) is 16.9. The van der Waals surface area contributed by atoms with Gasteiger partial charge in [0.05, 0.1) is 26.7 Å². The molecule has 8 nitrogen and oxygen atoms in total. The van der Waals surface area contributed by atoms with E-state index in [-0.39, 0.29) is 38.4 Å². The number of ether oxygens (including phenoxy) is 4. The van der Waals surface area contributed by atoms with Crippen LogP contribution in [0, 0.1) is 0 Å². The van der Waals surface area contributed by atoms with E-state index in [0.29, 0.717) is 17.3 Å². The number of hydrogen-bond acceptors (Lipinski definition) is 9. The van der Waals surface area contributed by atoms with Gasteiger partial charge in [-0.1, -0.05) is 12.1 Å². The lowest BCUT2D eigenvalue weighted by atomic mass is 10.1. The molecule has 1 aliphatic rings. The largest absolute Gasteiger partial charge is 0.493 e. The van der Waals surface area contributed by atoms with E-state index in [9.17, 15) is 14.4 Å². The summed E-state index contributed by atoms with van der Waals surface area (Å²) in [6.07, 6.45) is -0.0565. The standard InChI is InChI=1S/C20H27NO7S/c1-4-26-18(23)11-10-17(22)20(21-14(12-29-20)19(24)27-5-2)13-28-16-9-7-6-8-15(16)25-3/h6-9,14,21H,4-5,10-13H2,1-3H3. The summed E-state index contributed by atoms with van der Waals surface area (Å²) in [4.78, 5) is 35.6. The Morgan fingerprint density at radius 3 is 2.45 bits per heavy atom. The van der Waals surface area contributed by atoms with E-state index in [4.69, 9.17) is 18.9 Å². The van der Waals surface area contributed by atoms with Gasteiger partial charge in [-0.2, -0.15) is 0 Å². The SMILES string of the molecule is CCOC(=O)CCC(=O)C1(COc2ccccc2OC)NC(C(=O)OCC)CS1. The Morgan fingerprint density at radius 2 is 1.79 bits per heavy atom. The number of carbonyl (C=O) groups excluding carboxylic acids is 3. The zero-order chi connectivity index (χ0) is 21.3. The average molecular weight is 426 g/mol. The third-order valence-electron chi connectivity index (χ3n) is 4.29. The molecule has 0 saturated carbocycles. The second-order valence-corrected chi connectivity index (χ2v) is 7.57. The first-order chi connectivity index (χ1) is 14.0. The maximum Gasteiger partial charge on any atom is 0.324 e. The molecular formula is C20H27NO7S. The Balaban J connectivity index is 2.14. The quantitative estimate of drug-likeness (QED) is 0.533. The highest BCUT2D eigenvalue weighted by molar-refractivity contribution is 8.01. The molecule has 1 heterocycles. The monoisotopic (exact) mass is 425 g/mol. The van der Waals surface area contributed by atoms with Crippen molar-refractivity contribution in [2.75, 3.05) is 32.7 Å². The number of esters is 2. The van der Waals surface area contributed by atoms with Gasteiger partial charge in [-0.05, 0) is 26.0 Å². The maximum absolute atomic E-state index is 13.0. The summed E-state index contributed by atoms with van der Waals surface area (Å²) in [5.74, 6) is 0.279. The fourth-order valence-corrected chi connectivity index (χ4v) is 4.15. The molecule has 0 radical (unpaired) electrons. The van der Waals surface area contributed by atoms with Gasteiger partial charge in [0, 0.05) is 12.2 Å². The minimum Gasteiger partial charge on any atom is -0.493 e. The van der Waals surface area contributed by atoms with E-state index < -0.39 is 22.9 Å². The Morgan fingerprint density at radius 1 is 1.10 bits per heavy atom. The van der Waals surface area contributed by atoms with E-state index >= 15 is 0 Å². The fraction of sp³-hybridized carbons (Fsp3) is 0.550. The predicted octanol–water partition coefficient (Wildman–Crippen LogP) is 1.95. The maximum atomic E-state index is 13.0. The number of thioether (sulfide) groups is 1. The van der Waals surface area contributed by atoms with Crippen LogP contribution in [-0.2, 0) is 23.9 Å². The van der Waals surface area contributed by atoms with Gasteiger partial charge in [0.15, 0.2) is 22.2 Å². The first kappa shape index (κ1) is 23.0. The predicted molar refractivity (Wildman–Crippen MR) is 108 cm³/mol. The summed E-state index contributed by atoms with van der Waals surface area (Å²) < 4.78 is 21.1. The second kappa shape index (κ2) is 11.1. The summed E-state index contributed by atoms with van der Waals surface area (Å²) in [6, 6.07) is 6.46. The number of carbonyl (C=O) groups is 3. The van der Waals surface area contributed by atoms with Crippen molar-refractivity contribution in [3.8, 4) is 11.5 Å². The van der Waals surface area contributed by atoms with Crippen LogP contribution in [0.25, 0.3) is 0 Å². The third kappa shape index (κ3) is 6.11. The van der Waals surface area contributed by atoms with Crippen molar-refractivity contribution < 1.29 is 33.3 Å². The summed E-state index contributed by atoms with van der Waals surface area (Å²) in [5.41, 5.74) is 0. The number of Topliss-reactive ketones (excluding diaryl/α,β-unsaturated/α-hetero) is 1. The molecule has 0 amide bonds. The van der Waals surface area contributed by atoms with Crippen LogP contribution in [0.4, 0.5) is 0 Å². The highest BCUT2D eigenvalue weighted by atomic mass is 32.2. The van der Waals surface area contributed by atoms with Gasteiger partial charge in [0.25, 0.3) is 0 Å². The number of ketones is 1. The normalized spacial score (nSPS) is 20.7. The Labute approximate surface area is 174 Å². The van der Waals surface area contributed by atoms with E-state index in [1.165, 1.54) is 18.9 Å². The van der Waals surface area contributed by atoms with E-state index in [1.54, 1.807) is 32.0 Å². The number of methoxy groups -OCH3 is 1. The highest BCUT2D eigenvalue weighted by Gasteiger charge is 2.48. The number of benzene rings is 1. The first-order valence-electron chi connectivity index (χ1n) is 9.48. The summed E-state index contributed by atoms with van der Waals surface area (Å²) in [5, 5.41) is 3.07. The lowest BCUT2D eigenvalue weighted by Crippen LogP contribution is -2.54. The van der Waals surface area contributed by atoms with Crippen LogP contribution in [0.1, 0.15) is 26.7 Å². The molecule has 0 spiro atoms.